The van der Waals surface area contributed by atoms with E-state index in [4.69, 9.17) is 0 Å². The minimum absolute atomic E-state index is 0.0229. The van der Waals surface area contributed by atoms with Crippen molar-refractivity contribution >= 4 is 23.2 Å². The van der Waals surface area contributed by atoms with Gasteiger partial charge in [0.15, 0.2) is 0 Å². The van der Waals surface area contributed by atoms with E-state index in [1.165, 1.54) is 16.9 Å². The van der Waals surface area contributed by atoms with Crippen LogP contribution >= 0.6 is 11.3 Å². The summed E-state index contributed by atoms with van der Waals surface area (Å²) in [4.78, 5) is 26.0. The highest BCUT2D eigenvalue weighted by molar-refractivity contribution is 7.08. The van der Waals surface area contributed by atoms with Gasteiger partial charge in [-0.05, 0) is 43.9 Å². The van der Waals surface area contributed by atoms with Crippen LogP contribution in [0.4, 0.5) is 0 Å². The number of rotatable bonds is 10. The minimum Gasteiger partial charge on any atom is -0.355 e. The van der Waals surface area contributed by atoms with Crippen molar-refractivity contribution in [1.29, 1.82) is 0 Å². The Labute approximate surface area is 159 Å². The third-order valence-corrected chi connectivity index (χ3v) is 4.91. The summed E-state index contributed by atoms with van der Waals surface area (Å²) in [7, 11) is 4.06. The van der Waals surface area contributed by atoms with Crippen LogP contribution in [0.1, 0.15) is 28.8 Å². The molecule has 0 saturated heterocycles. The average Bonchev–Trinajstić information content (AvgIpc) is 3.17. The Balaban J connectivity index is 1.65. The molecule has 0 fully saturated rings. The van der Waals surface area contributed by atoms with E-state index in [2.05, 4.69) is 27.7 Å². The number of amides is 2. The first-order valence-electron chi connectivity index (χ1n) is 8.83. The molecular formula is C20H27N3O2S. The lowest BCUT2D eigenvalue weighted by molar-refractivity contribution is -0.121. The van der Waals surface area contributed by atoms with Gasteiger partial charge in [-0.3, -0.25) is 9.59 Å². The minimum atomic E-state index is -0.0813. The van der Waals surface area contributed by atoms with Gasteiger partial charge in [-0.15, -0.1) is 0 Å². The van der Waals surface area contributed by atoms with Crippen molar-refractivity contribution in [2.75, 3.05) is 27.2 Å². The van der Waals surface area contributed by atoms with Crippen molar-refractivity contribution in [3.8, 4) is 0 Å². The molecule has 26 heavy (non-hydrogen) atoms. The molecule has 2 aromatic rings. The Bertz CT molecular complexity index is 672. The number of hydrogen-bond acceptors (Lipinski definition) is 4. The molecule has 6 heteroatoms. The standard InChI is InChI=1S/C20H27N3O2S/c1-23(2)18(13-16-7-4-3-5-8-16)14-22-19(24)9-6-11-21-20(25)17-10-12-26-15-17/h3-5,7-8,10,12,15,18H,6,9,11,13-14H2,1-2H3,(H,21,25)(H,22,24). The van der Waals surface area contributed by atoms with Crippen LogP contribution in [0, 0.1) is 0 Å². The maximum Gasteiger partial charge on any atom is 0.252 e. The maximum atomic E-state index is 12.1. The van der Waals surface area contributed by atoms with Gasteiger partial charge in [-0.1, -0.05) is 30.3 Å². The van der Waals surface area contributed by atoms with Gasteiger partial charge in [0.25, 0.3) is 5.91 Å². The average molecular weight is 374 g/mol. The van der Waals surface area contributed by atoms with Crippen LogP contribution in [-0.4, -0.2) is 49.9 Å². The number of likely N-dealkylation sites (N-methyl/N-ethyl adjacent to an activating group) is 1. The molecule has 1 unspecified atom stereocenters. The lowest BCUT2D eigenvalue weighted by Gasteiger charge is -2.24. The normalized spacial score (nSPS) is 12.0. The fourth-order valence-corrected chi connectivity index (χ4v) is 3.23. The number of thiophene rings is 1. The predicted octanol–water partition coefficient (Wildman–Crippen LogP) is 2.55. The quantitative estimate of drug-likeness (QED) is 0.629. The van der Waals surface area contributed by atoms with E-state index < -0.39 is 0 Å². The lowest BCUT2D eigenvalue weighted by Crippen LogP contribution is -2.41. The van der Waals surface area contributed by atoms with E-state index in [1.54, 1.807) is 6.07 Å². The molecule has 0 saturated carbocycles. The van der Waals surface area contributed by atoms with E-state index in [0.717, 1.165) is 6.42 Å². The summed E-state index contributed by atoms with van der Waals surface area (Å²) >= 11 is 1.50. The van der Waals surface area contributed by atoms with Gasteiger partial charge in [0.1, 0.15) is 0 Å². The van der Waals surface area contributed by atoms with E-state index >= 15 is 0 Å². The molecule has 0 aliphatic heterocycles. The molecule has 0 bridgehead atoms. The molecule has 1 aromatic heterocycles. The van der Waals surface area contributed by atoms with Gasteiger partial charge in [-0.2, -0.15) is 11.3 Å². The zero-order chi connectivity index (χ0) is 18.8. The molecule has 2 rings (SSSR count). The van der Waals surface area contributed by atoms with Gasteiger partial charge in [-0.25, -0.2) is 0 Å². The third-order valence-electron chi connectivity index (χ3n) is 4.23. The summed E-state index contributed by atoms with van der Waals surface area (Å²) in [5.41, 5.74) is 1.94. The Morgan fingerprint density at radius 3 is 2.54 bits per heavy atom. The summed E-state index contributed by atoms with van der Waals surface area (Å²) in [5.74, 6) is -0.0584. The predicted molar refractivity (Wildman–Crippen MR) is 107 cm³/mol. The molecule has 0 aliphatic carbocycles. The third kappa shape index (κ3) is 6.98. The number of nitrogens with one attached hydrogen (secondary N) is 2. The lowest BCUT2D eigenvalue weighted by atomic mass is 10.1. The summed E-state index contributed by atoms with van der Waals surface area (Å²) in [5, 5.41) is 9.53. The SMILES string of the molecule is CN(C)C(CNC(=O)CCCNC(=O)c1ccsc1)Cc1ccccc1. The van der Waals surface area contributed by atoms with Crippen molar-refractivity contribution in [2.24, 2.45) is 0 Å². The number of carbonyl (C=O) groups is 2. The van der Waals surface area contributed by atoms with Crippen LogP contribution < -0.4 is 10.6 Å². The summed E-state index contributed by atoms with van der Waals surface area (Å²) in [6.45, 7) is 1.12. The molecule has 2 N–H and O–H groups in total. The van der Waals surface area contributed by atoms with Crippen molar-refractivity contribution < 1.29 is 9.59 Å². The second-order valence-corrected chi connectivity index (χ2v) is 7.26. The van der Waals surface area contributed by atoms with Crippen molar-refractivity contribution in [2.45, 2.75) is 25.3 Å². The maximum absolute atomic E-state index is 12.1. The Morgan fingerprint density at radius 2 is 1.88 bits per heavy atom. The topological polar surface area (TPSA) is 61.4 Å². The van der Waals surface area contributed by atoms with Crippen molar-refractivity contribution in [1.82, 2.24) is 15.5 Å². The van der Waals surface area contributed by atoms with Crippen LogP contribution in [0.2, 0.25) is 0 Å². The van der Waals surface area contributed by atoms with E-state index in [-0.39, 0.29) is 17.9 Å². The molecule has 1 atom stereocenters. The molecule has 1 heterocycles. The van der Waals surface area contributed by atoms with Crippen LogP contribution in [-0.2, 0) is 11.2 Å². The Hall–Kier alpha value is -2.18. The zero-order valence-corrected chi connectivity index (χ0v) is 16.2. The van der Waals surface area contributed by atoms with Gasteiger partial charge >= 0.3 is 0 Å². The second kappa shape index (κ2) is 10.7. The Kier molecular flexibility index (Phi) is 8.31. The molecule has 0 spiro atoms. The number of hydrogen-bond donors (Lipinski definition) is 2. The first-order chi connectivity index (χ1) is 12.6. The summed E-state index contributed by atoms with van der Waals surface area (Å²) in [6, 6.07) is 12.3. The highest BCUT2D eigenvalue weighted by atomic mass is 32.1. The molecule has 1 aromatic carbocycles. The van der Waals surface area contributed by atoms with Crippen molar-refractivity contribution in [3.05, 3.63) is 58.3 Å². The van der Waals surface area contributed by atoms with Gasteiger partial charge in [0.05, 0.1) is 0 Å². The van der Waals surface area contributed by atoms with Gasteiger partial charge < -0.3 is 15.5 Å². The van der Waals surface area contributed by atoms with Crippen molar-refractivity contribution in [3.63, 3.8) is 0 Å². The van der Waals surface area contributed by atoms with Crippen LogP contribution in [0.3, 0.4) is 0 Å². The second-order valence-electron chi connectivity index (χ2n) is 6.48. The van der Waals surface area contributed by atoms with Gasteiger partial charge in [0, 0.05) is 36.5 Å². The molecule has 0 radical (unpaired) electrons. The molecular weight excluding hydrogens is 346 g/mol. The Morgan fingerprint density at radius 1 is 1.12 bits per heavy atom. The van der Waals surface area contributed by atoms with E-state index in [9.17, 15) is 9.59 Å². The molecule has 0 aliphatic rings. The first kappa shape index (κ1) is 20.1. The molecule has 140 valence electrons. The van der Waals surface area contributed by atoms with E-state index in [0.29, 0.717) is 31.5 Å². The highest BCUT2D eigenvalue weighted by Gasteiger charge is 2.13. The van der Waals surface area contributed by atoms with Gasteiger partial charge in [0.2, 0.25) is 5.91 Å². The van der Waals surface area contributed by atoms with Crippen LogP contribution in [0.15, 0.2) is 47.2 Å². The first-order valence-corrected chi connectivity index (χ1v) is 9.78. The molecule has 2 amide bonds. The van der Waals surface area contributed by atoms with E-state index in [1.807, 2.05) is 43.1 Å². The zero-order valence-electron chi connectivity index (χ0n) is 15.4. The summed E-state index contributed by atoms with van der Waals surface area (Å²) in [6.07, 6.45) is 1.94. The van der Waals surface area contributed by atoms with Crippen LogP contribution in [0.5, 0.6) is 0 Å². The largest absolute Gasteiger partial charge is 0.355 e. The smallest absolute Gasteiger partial charge is 0.252 e. The number of carbonyl (C=O) groups excluding carboxylic acids is 2. The monoisotopic (exact) mass is 373 g/mol. The fraction of sp³-hybridized carbons (Fsp3) is 0.400. The highest BCUT2D eigenvalue weighted by Crippen LogP contribution is 2.07. The molecule has 5 nitrogen and oxygen atoms in total. The number of nitrogens with zero attached hydrogens (tertiary/aromatic N) is 1. The van der Waals surface area contributed by atoms with Crippen LogP contribution in [0.25, 0.3) is 0 Å². The number of benzene rings is 1. The fourth-order valence-electron chi connectivity index (χ4n) is 2.59. The summed E-state index contributed by atoms with van der Waals surface area (Å²) < 4.78 is 0.